The molecule has 0 N–H and O–H groups in total. The fourth-order valence-corrected chi connectivity index (χ4v) is 0.726. The summed E-state index contributed by atoms with van der Waals surface area (Å²) < 4.78 is 4.41. The minimum absolute atomic E-state index is 0. The molecule has 5 heteroatoms. The third kappa shape index (κ3) is 7.12. The molecule has 0 aromatic heterocycles. The smallest absolute Gasteiger partial charge is 0.868 e. The molecular formula is C9H13NaO4. The molecule has 0 heterocycles. The number of hydrogen-bond donors (Lipinski definition) is 0. The number of rotatable bonds is 5. The van der Waals surface area contributed by atoms with Crippen LogP contribution in [0.1, 0.15) is 26.7 Å². The van der Waals surface area contributed by atoms with Gasteiger partial charge < -0.3 is 9.84 Å². The van der Waals surface area contributed by atoms with Gasteiger partial charge in [0.1, 0.15) is 0 Å². The van der Waals surface area contributed by atoms with E-state index in [0.717, 1.165) is 6.08 Å². The zero-order valence-electron chi connectivity index (χ0n) is 8.83. The van der Waals surface area contributed by atoms with Crippen LogP contribution in [0.3, 0.4) is 0 Å². The summed E-state index contributed by atoms with van der Waals surface area (Å²) >= 11 is 0. The van der Waals surface area contributed by atoms with Gasteiger partial charge in [-0.05, 0) is 25.2 Å². The van der Waals surface area contributed by atoms with Crippen molar-refractivity contribution >= 4 is 11.8 Å². The van der Waals surface area contributed by atoms with Crippen LogP contribution in [0.5, 0.6) is 0 Å². The monoisotopic (exact) mass is 208 g/mol. The fraction of sp³-hybridized carbons (Fsp3) is 0.556. The zero-order valence-corrected chi connectivity index (χ0v) is 10.8. The maximum atomic E-state index is 10.9. The molecule has 4 nitrogen and oxygen atoms in total. The molecule has 74 valence electrons. The van der Waals surface area contributed by atoms with E-state index in [9.17, 15) is 14.7 Å². The minimum Gasteiger partial charge on any atom is -0.868 e. The molecule has 0 saturated heterocycles. The molecule has 0 unspecified atom stereocenters. The summed E-state index contributed by atoms with van der Waals surface area (Å²) in [6.45, 7) is 3.56. The van der Waals surface area contributed by atoms with Crippen molar-refractivity contribution in [2.75, 3.05) is 6.61 Å². The zero-order chi connectivity index (χ0) is 10.3. The SMILES string of the molecule is CCCC(=O)C=C([O-])C(=O)OCC.[Na+]. The molecule has 0 saturated carbocycles. The predicted molar refractivity (Wildman–Crippen MR) is 44.6 cm³/mol. The Morgan fingerprint density at radius 3 is 2.36 bits per heavy atom. The summed E-state index contributed by atoms with van der Waals surface area (Å²) in [5, 5.41) is 10.9. The Bertz CT molecular complexity index is 223. The fourth-order valence-electron chi connectivity index (χ4n) is 0.726. The molecule has 0 aliphatic carbocycles. The Morgan fingerprint density at radius 2 is 1.93 bits per heavy atom. The first-order valence-electron chi connectivity index (χ1n) is 4.20. The molecule has 0 aromatic rings. The van der Waals surface area contributed by atoms with E-state index in [0.29, 0.717) is 6.42 Å². The summed E-state index contributed by atoms with van der Waals surface area (Å²) in [6, 6.07) is 0. The summed E-state index contributed by atoms with van der Waals surface area (Å²) in [5.41, 5.74) is 0. The molecule has 0 spiro atoms. The molecule has 0 bridgehead atoms. The van der Waals surface area contributed by atoms with Crippen molar-refractivity contribution in [2.24, 2.45) is 0 Å². The standard InChI is InChI=1S/C9H14O4.Na/c1-3-5-7(10)6-8(11)9(12)13-4-2;/h6,11H,3-5H2,1-2H3;/q;+1/p-1. The van der Waals surface area contributed by atoms with Gasteiger partial charge in [-0.25, -0.2) is 4.79 Å². The number of carbonyl (C=O) groups is 2. The summed E-state index contributed by atoms with van der Waals surface area (Å²) in [6.07, 6.45) is 1.73. The number of ketones is 1. The van der Waals surface area contributed by atoms with E-state index in [2.05, 4.69) is 4.74 Å². The molecule has 0 atom stereocenters. The largest absolute Gasteiger partial charge is 1.00 e. The van der Waals surface area contributed by atoms with Crippen LogP contribution in [0.15, 0.2) is 11.8 Å². The van der Waals surface area contributed by atoms with Crippen molar-refractivity contribution < 1.29 is 49.0 Å². The number of hydrogen-bond acceptors (Lipinski definition) is 4. The van der Waals surface area contributed by atoms with Crippen molar-refractivity contribution in [3.63, 3.8) is 0 Å². The normalized spacial score (nSPS) is 10.3. The van der Waals surface area contributed by atoms with Crippen LogP contribution in [-0.4, -0.2) is 18.4 Å². The van der Waals surface area contributed by atoms with Crippen LogP contribution in [0.2, 0.25) is 0 Å². The second-order valence-corrected chi connectivity index (χ2v) is 2.45. The Labute approximate surface area is 106 Å². The molecule has 0 amide bonds. The number of carbonyl (C=O) groups excluding carboxylic acids is 2. The van der Waals surface area contributed by atoms with Gasteiger partial charge in [0.25, 0.3) is 0 Å². The van der Waals surface area contributed by atoms with E-state index < -0.39 is 11.7 Å². The van der Waals surface area contributed by atoms with E-state index >= 15 is 0 Å². The summed E-state index contributed by atoms with van der Waals surface area (Å²) in [7, 11) is 0. The first-order chi connectivity index (χ1) is 6.11. The molecule has 0 aliphatic heterocycles. The van der Waals surface area contributed by atoms with E-state index in [1.165, 1.54) is 0 Å². The topological polar surface area (TPSA) is 66.4 Å². The second-order valence-electron chi connectivity index (χ2n) is 2.45. The van der Waals surface area contributed by atoms with Gasteiger partial charge in [-0.3, -0.25) is 4.79 Å². The first-order valence-corrected chi connectivity index (χ1v) is 4.20. The van der Waals surface area contributed by atoms with Gasteiger partial charge in [0.05, 0.1) is 6.61 Å². The van der Waals surface area contributed by atoms with Gasteiger partial charge in [-0.15, -0.1) is 0 Å². The number of allylic oxidation sites excluding steroid dienone is 1. The maximum Gasteiger partial charge on any atom is 1.00 e. The van der Waals surface area contributed by atoms with Crippen molar-refractivity contribution in [3.05, 3.63) is 11.8 Å². The third-order valence-corrected chi connectivity index (χ3v) is 1.27. The predicted octanol–water partition coefficient (Wildman–Crippen LogP) is -2.83. The van der Waals surface area contributed by atoms with E-state index in [1.807, 2.05) is 6.92 Å². The molecular weight excluding hydrogens is 195 g/mol. The van der Waals surface area contributed by atoms with E-state index in [4.69, 9.17) is 0 Å². The minimum atomic E-state index is -0.966. The van der Waals surface area contributed by atoms with Crippen LogP contribution >= 0.6 is 0 Å². The van der Waals surface area contributed by atoms with Crippen LogP contribution in [0, 0.1) is 0 Å². The third-order valence-electron chi connectivity index (χ3n) is 1.27. The Morgan fingerprint density at radius 1 is 1.36 bits per heavy atom. The summed E-state index contributed by atoms with van der Waals surface area (Å²) in [5.74, 6) is -2.17. The Hall–Kier alpha value is -0.320. The number of ether oxygens (including phenoxy) is 1. The van der Waals surface area contributed by atoms with E-state index in [-0.39, 0.29) is 48.4 Å². The molecule has 0 aromatic carbocycles. The van der Waals surface area contributed by atoms with Gasteiger partial charge in [0.2, 0.25) is 0 Å². The second kappa shape index (κ2) is 9.24. The van der Waals surface area contributed by atoms with Crippen molar-refractivity contribution in [3.8, 4) is 0 Å². The van der Waals surface area contributed by atoms with E-state index in [1.54, 1.807) is 6.92 Å². The molecule has 14 heavy (non-hydrogen) atoms. The van der Waals surface area contributed by atoms with Crippen LogP contribution in [-0.2, 0) is 14.3 Å². The average Bonchev–Trinajstić information content (AvgIpc) is 2.05. The molecule has 0 radical (unpaired) electrons. The Balaban J connectivity index is 0. The van der Waals surface area contributed by atoms with Crippen molar-refractivity contribution in [2.45, 2.75) is 26.7 Å². The van der Waals surface area contributed by atoms with Crippen LogP contribution < -0.4 is 34.7 Å². The van der Waals surface area contributed by atoms with Crippen LogP contribution in [0.25, 0.3) is 0 Å². The van der Waals surface area contributed by atoms with Gasteiger partial charge in [-0.1, -0.05) is 6.92 Å². The average molecular weight is 208 g/mol. The maximum absolute atomic E-state index is 10.9. The van der Waals surface area contributed by atoms with Gasteiger partial charge in [-0.2, -0.15) is 0 Å². The summed E-state index contributed by atoms with van der Waals surface area (Å²) in [4.78, 5) is 21.6. The van der Waals surface area contributed by atoms with Crippen LogP contribution in [0.4, 0.5) is 0 Å². The van der Waals surface area contributed by atoms with Gasteiger partial charge in [0.15, 0.2) is 5.78 Å². The Kier molecular flexibility index (Phi) is 10.6. The number of esters is 1. The quantitative estimate of drug-likeness (QED) is 0.211. The van der Waals surface area contributed by atoms with Crippen molar-refractivity contribution in [1.82, 2.24) is 0 Å². The first kappa shape index (κ1) is 16.1. The van der Waals surface area contributed by atoms with Crippen molar-refractivity contribution in [1.29, 1.82) is 0 Å². The van der Waals surface area contributed by atoms with Gasteiger partial charge in [0, 0.05) is 6.42 Å². The van der Waals surface area contributed by atoms with Gasteiger partial charge >= 0.3 is 35.5 Å². The molecule has 0 rings (SSSR count). The molecule has 0 aliphatic rings. The molecule has 0 fully saturated rings.